The van der Waals surface area contributed by atoms with Crippen LogP contribution in [0.5, 0.6) is 0 Å². The van der Waals surface area contributed by atoms with Gasteiger partial charge in [-0.1, -0.05) is 12.1 Å². The highest BCUT2D eigenvalue weighted by Crippen LogP contribution is 2.35. The molecule has 2 heterocycles. The molecule has 1 fully saturated rings. The van der Waals surface area contributed by atoms with Crippen molar-refractivity contribution in [1.82, 2.24) is 19.8 Å². The van der Waals surface area contributed by atoms with E-state index in [1.807, 2.05) is 11.9 Å². The fourth-order valence-corrected chi connectivity index (χ4v) is 4.49. The number of rotatable bonds is 7. The summed E-state index contributed by atoms with van der Waals surface area (Å²) in [6.45, 7) is 6.12. The van der Waals surface area contributed by atoms with E-state index in [1.54, 1.807) is 13.0 Å². The summed E-state index contributed by atoms with van der Waals surface area (Å²) >= 11 is 0. The van der Waals surface area contributed by atoms with Crippen molar-refractivity contribution in [3.8, 4) is 0 Å². The molecule has 1 saturated heterocycles. The van der Waals surface area contributed by atoms with Gasteiger partial charge in [0.25, 0.3) is 5.91 Å². The fraction of sp³-hybridized carbons (Fsp3) is 0.345. The Labute approximate surface area is 247 Å². The van der Waals surface area contributed by atoms with E-state index in [1.165, 1.54) is 55.5 Å². The second-order valence-corrected chi connectivity index (χ2v) is 10.4. The molecule has 11 nitrogen and oxygen atoms in total. The van der Waals surface area contributed by atoms with Crippen LogP contribution in [0.2, 0.25) is 0 Å². The summed E-state index contributed by atoms with van der Waals surface area (Å²) in [5.41, 5.74) is 0.451. The average Bonchev–Trinajstić information content (AvgIpc) is 2.95. The number of urea groups is 1. The normalized spacial score (nSPS) is 14.2. The van der Waals surface area contributed by atoms with Crippen LogP contribution in [0.1, 0.15) is 34.0 Å². The Kier molecular flexibility index (Phi) is 9.61. The average molecular weight is 599 g/mol. The van der Waals surface area contributed by atoms with E-state index in [4.69, 9.17) is 0 Å². The Morgan fingerprint density at radius 2 is 1.67 bits per heavy atom. The van der Waals surface area contributed by atoms with Gasteiger partial charge >= 0.3 is 12.2 Å². The number of aryl methyl sites for hydroxylation is 1. The van der Waals surface area contributed by atoms with E-state index in [2.05, 4.69) is 30.8 Å². The number of likely N-dealkylation sites (N-methyl/N-ethyl adjacent to an activating group) is 1. The summed E-state index contributed by atoms with van der Waals surface area (Å²) in [5, 5.41) is 7.77. The van der Waals surface area contributed by atoms with Crippen molar-refractivity contribution in [3.05, 3.63) is 71.0 Å². The number of benzene rings is 2. The van der Waals surface area contributed by atoms with Gasteiger partial charge < -0.3 is 20.9 Å². The molecule has 0 aliphatic carbocycles. The van der Waals surface area contributed by atoms with Gasteiger partial charge in [-0.2, -0.15) is 13.2 Å². The van der Waals surface area contributed by atoms with Crippen LogP contribution in [0.15, 0.2) is 48.8 Å². The molecule has 1 aliphatic rings. The molecule has 1 aromatic heterocycles. The zero-order chi connectivity index (χ0) is 31.3. The second-order valence-electron chi connectivity index (χ2n) is 10.4. The molecule has 0 atom stereocenters. The summed E-state index contributed by atoms with van der Waals surface area (Å²) < 4.78 is 41.9. The maximum atomic E-state index is 14.0. The van der Waals surface area contributed by atoms with Crippen LogP contribution in [-0.4, -0.2) is 77.9 Å². The lowest BCUT2D eigenvalue weighted by Gasteiger charge is -2.33. The van der Waals surface area contributed by atoms with Gasteiger partial charge in [-0.3, -0.25) is 19.4 Å². The minimum absolute atomic E-state index is 0.00378. The largest absolute Gasteiger partial charge is 0.416 e. The van der Waals surface area contributed by atoms with Gasteiger partial charge in [0.05, 0.1) is 5.56 Å². The molecule has 14 heteroatoms. The molecule has 2 aromatic carbocycles. The molecule has 3 aromatic rings. The number of aromatic nitrogens is 2. The van der Waals surface area contributed by atoms with Crippen LogP contribution >= 0.6 is 0 Å². The smallest absolute Gasteiger partial charge is 0.322 e. The number of piperazine rings is 1. The summed E-state index contributed by atoms with van der Waals surface area (Å²) in [4.78, 5) is 50.6. The van der Waals surface area contributed by atoms with E-state index in [0.717, 1.165) is 19.2 Å². The monoisotopic (exact) mass is 598 g/mol. The Bertz CT molecular complexity index is 1510. The van der Waals surface area contributed by atoms with Crippen molar-refractivity contribution in [2.45, 2.75) is 26.6 Å². The van der Waals surface area contributed by atoms with E-state index in [0.29, 0.717) is 24.3 Å². The molecule has 43 heavy (non-hydrogen) atoms. The molecule has 0 radical (unpaired) electrons. The number of carbonyl (C=O) groups excluding carboxylic acids is 3. The van der Waals surface area contributed by atoms with Crippen LogP contribution in [0.25, 0.3) is 0 Å². The van der Waals surface area contributed by atoms with Crippen LogP contribution in [0.3, 0.4) is 0 Å². The second kappa shape index (κ2) is 13.2. The Balaban J connectivity index is 1.47. The van der Waals surface area contributed by atoms with E-state index >= 15 is 0 Å². The molecule has 0 unspecified atom stereocenters. The first kappa shape index (κ1) is 31.4. The highest BCUT2D eigenvalue weighted by molar-refractivity contribution is 6.06. The number of hydrogen-bond donors (Lipinski definition) is 3. The molecular weight excluding hydrogens is 565 g/mol. The first-order chi connectivity index (χ1) is 20.3. The summed E-state index contributed by atoms with van der Waals surface area (Å²) in [6.07, 6.45) is -3.40. The fourth-order valence-electron chi connectivity index (χ4n) is 4.49. The first-order valence-corrected chi connectivity index (χ1v) is 13.5. The molecule has 0 saturated carbocycles. The Hall–Kier alpha value is -4.56. The van der Waals surface area contributed by atoms with Crippen LogP contribution in [0, 0.1) is 6.92 Å². The maximum Gasteiger partial charge on any atom is 0.416 e. The number of nitrogens with zero attached hydrogens (tertiary/aromatic N) is 5. The molecule has 4 rings (SSSR count). The molecule has 3 N–H and O–H groups in total. The van der Waals surface area contributed by atoms with E-state index in [-0.39, 0.29) is 40.9 Å². The first-order valence-electron chi connectivity index (χ1n) is 13.5. The molecule has 0 bridgehead atoms. The number of carbonyl (C=O) groups is 3. The van der Waals surface area contributed by atoms with Gasteiger partial charge in [-0.15, -0.1) is 0 Å². The van der Waals surface area contributed by atoms with Gasteiger partial charge in [-0.25, -0.2) is 14.8 Å². The summed E-state index contributed by atoms with van der Waals surface area (Å²) in [6, 6.07) is 9.21. The maximum absolute atomic E-state index is 14.0. The van der Waals surface area contributed by atoms with E-state index in [9.17, 15) is 27.6 Å². The zero-order valence-electron chi connectivity index (χ0n) is 24.2. The number of nitrogens with one attached hydrogen (secondary N) is 3. The van der Waals surface area contributed by atoms with Crippen LogP contribution in [-0.2, 0) is 17.5 Å². The number of alkyl halides is 3. The lowest BCUT2D eigenvalue weighted by molar-refractivity contribution is -0.138. The van der Waals surface area contributed by atoms with Gasteiger partial charge in [0.15, 0.2) is 0 Å². The molecule has 228 valence electrons. The van der Waals surface area contributed by atoms with Crippen molar-refractivity contribution >= 4 is 40.9 Å². The SMILES string of the molecule is CC(=O)Nc1cc(N(C)C(=O)Nc2cc(C(=O)Nc3ccc(CN4CCN(C)CC4)c(C(F)(F)F)c3)ccc2C)ncn1. The number of amides is 4. The van der Waals surface area contributed by atoms with Crippen molar-refractivity contribution in [1.29, 1.82) is 0 Å². The minimum atomic E-state index is -4.59. The van der Waals surface area contributed by atoms with Crippen molar-refractivity contribution in [2.24, 2.45) is 0 Å². The minimum Gasteiger partial charge on any atom is -0.322 e. The Morgan fingerprint density at radius 1 is 0.953 bits per heavy atom. The van der Waals surface area contributed by atoms with Gasteiger partial charge in [0.1, 0.15) is 18.0 Å². The third-order valence-corrected chi connectivity index (χ3v) is 7.01. The number of halogens is 3. The highest BCUT2D eigenvalue weighted by atomic mass is 19.4. The molecule has 4 amide bonds. The summed E-state index contributed by atoms with van der Waals surface area (Å²) in [5.74, 6) is -0.550. The quantitative estimate of drug-likeness (QED) is 0.368. The van der Waals surface area contributed by atoms with Gasteiger partial charge in [0, 0.05) is 69.7 Å². The van der Waals surface area contributed by atoms with Crippen LogP contribution < -0.4 is 20.9 Å². The van der Waals surface area contributed by atoms with Gasteiger partial charge in [0.2, 0.25) is 5.91 Å². The molecule has 1 aliphatic heterocycles. The highest BCUT2D eigenvalue weighted by Gasteiger charge is 2.34. The lowest BCUT2D eigenvalue weighted by Crippen LogP contribution is -2.44. The lowest BCUT2D eigenvalue weighted by atomic mass is 10.0. The van der Waals surface area contributed by atoms with Crippen molar-refractivity contribution in [3.63, 3.8) is 0 Å². The topological polar surface area (TPSA) is 123 Å². The molecule has 0 spiro atoms. The predicted molar refractivity (Wildman–Crippen MR) is 157 cm³/mol. The van der Waals surface area contributed by atoms with Crippen molar-refractivity contribution < 1.29 is 27.6 Å². The standard InChI is InChI=1S/C29H33F3N8O3/c1-18-5-6-20(13-24(18)37-28(43)39(4)26-15-25(33-17-34-26)35-19(2)41)27(42)36-22-8-7-21(23(14-22)29(30,31)32)16-40-11-9-38(3)10-12-40/h5-8,13-15,17H,9-12,16H2,1-4H3,(H,36,42)(H,37,43)(H,33,34,35,41). The third-order valence-electron chi connectivity index (χ3n) is 7.01. The van der Waals surface area contributed by atoms with Crippen LogP contribution in [0.4, 0.5) is 41.0 Å². The Morgan fingerprint density at radius 3 is 2.35 bits per heavy atom. The predicted octanol–water partition coefficient (Wildman–Crippen LogP) is 4.43. The summed E-state index contributed by atoms with van der Waals surface area (Å²) in [7, 11) is 3.44. The molecular formula is C29H33F3N8O3. The van der Waals surface area contributed by atoms with E-state index < -0.39 is 23.7 Å². The number of anilines is 4. The number of hydrogen-bond acceptors (Lipinski definition) is 7. The third kappa shape index (κ3) is 8.26. The van der Waals surface area contributed by atoms with Gasteiger partial charge in [-0.05, 0) is 49.4 Å². The van der Waals surface area contributed by atoms with Crippen molar-refractivity contribution in [2.75, 3.05) is 61.1 Å². The zero-order valence-corrected chi connectivity index (χ0v) is 24.2.